The lowest BCUT2D eigenvalue weighted by atomic mass is 10.0. The number of carbonyl (C=O) groups excluding carboxylic acids is 1. The van der Waals surface area contributed by atoms with Crippen molar-refractivity contribution in [3.8, 4) is 11.5 Å². The van der Waals surface area contributed by atoms with E-state index in [0.717, 1.165) is 16.9 Å². The maximum absolute atomic E-state index is 12.3. The van der Waals surface area contributed by atoms with Gasteiger partial charge >= 0.3 is 6.09 Å². The van der Waals surface area contributed by atoms with Gasteiger partial charge in [-0.2, -0.15) is 0 Å². The minimum absolute atomic E-state index is 0.268. The van der Waals surface area contributed by atoms with Crippen LogP contribution >= 0.6 is 11.9 Å². The third-order valence-corrected chi connectivity index (χ3v) is 4.40. The van der Waals surface area contributed by atoms with Crippen molar-refractivity contribution in [2.45, 2.75) is 30.8 Å². The molecule has 1 aliphatic rings. The van der Waals surface area contributed by atoms with Crippen molar-refractivity contribution in [2.24, 2.45) is 0 Å². The maximum Gasteiger partial charge on any atom is 0.425 e. The monoisotopic (exact) mass is 329 g/mol. The second kappa shape index (κ2) is 6.16. The van der Waals surface area contributed by atoms with E-state index in [1.54, 1.807) is 13.1 Å². The van der Waals surface area contributed by atoms with Gasteiger partial charge < -0.3 is 9.47 Å². The highest BCUT2D eigenvalue weighted by molar-refractivity contribution is 7.97. The third-order valence-electron chi connectivity index (χ3n) is 3.49. The van der Waals surface area contributed by atoms with Crippen molar-refractivity contribution in [1.82, 2.24) is 4.31 Å². The Labute approximate surface area is 140 Å². The predicted octanol–water partition coefficient (Wildman–Crippen LogP) is 4.54. The number of amides is 1. The first kappa shape index (κ1) is 15.7. The Balaban J connectivity index is 1.71. The SMILES string of the molecule is CN(Sc1ccccc1)C(=O)Oc1cccc2c1OC(C)(C)C2. The number of carbonyl (C=O) groups is 1. The molecule has 0 radical (unpaired) electrons. The minimum Gasteiger partial charge on any atom is -0.483 e. The van der Waals surface area contributed by atoms with Crippen molar-refractivity contribution in [3.05, 3.63) is 54.1 Å². The van der Waals surface area contributed by atoms with Crippen LogP contribution in [0.2, 0.25) is 0 Å². The third kappa shape index (κ3) is 3.62. The van der Waals surface area contributed by atoms with E-state index in [1.807, 2.05) is 56.3 Å². The second-order valence-corrected chi connectivity index (χ2v) is 7.25. The molecule has 2 aromatic carbocycles. The molecular formula is C18H19NO3S. The Morgan fingerprint density at radius 1 is 1.17 bits per heavy atom. The molecule has 0 fully saturated rings. The summed E-state index contributed by atoms with van der Waals surface area (Å²) in [6, 6.07) is 15.3. The van der Waals surface area contributed by atoms with Gasteiger partial charge in [-0.3, -0.25) is 0 Å². The lowest BCUT2D eigenvalue weighted by Crippen LogP contribution is -2.25. The molecule has 0 bridgehead atoms. The highest BCUT2D eigenvalue weighted by atomic mass is 32.2. The van der Waals surface area contributed by atoms with Gasteiger partial charge in [0.2, 0.25) is 0 Å². The van der Waals surface area contributed by atoms with Crippen molar-refractivity contribution < 1.29 is 14.3 Å². The van der Waals surface area contributed by atoms with Crippen LogP contribution in [-0.2, 0) is 6.42 Å². The van der Waals surface area contributed by atoms with Gasteiger partial charge in [0.05, 0.1) is 0 Å². The molecule has 0 atom stereocenters. The number of fused-ring (bicyclic) bond motifs is 1. The van der Waals surface area contributed by atoms with Gasteiger partial charge in [0.15, 0.2) is 11.5 Å². The van der Waals surface area contributed by atoms with Gasteiger partial charge in [0.25, 0.3) is 0 Å². The Morgan fingerprint density at radius 2 is 1.91 bits per heavy atom. The highest BCUT2D eigenvalue weighted by Gasteiger charge is 2.33. The van der Waals surface area contributed by atoms with Crippen LogP contribution in [0.25, 0.3) is 0 Å². The molecule has 0 aromatic heterocycles. The molecule has 23 heavy (non-hydrogen) atoms. The largest absolute Gasteiger partial charge is 0.483 e. The van der Waals surface area contributed by atoms with Gasteiger partial charge in [-0.25, -0.2) is 9.10 Å². The fourth-order valence-corrected chi connectivity index (χ4v) is 3.21. The zero-order chi connectivity index (χ0) is 16.4. The topological polar surface area (TPSA) is 38.8 Å². The fourth-order valence-electron chi connectivity index (χ4n) is 2.50. The van der Waals surface area contributed by atoms with E-state index in [-0.39, 0.29) is 5.60 Å². The summed E-state index contributed by atoms with van der Waals surface area (Å²) in [6.45, 7) is 4.05. The number of hydrogen-bond donors (Lipinski definition) is 0. The van der Waals surface area contributed by atoms with E-state index in [0.29, 0.717) is 11.5 Å². The van der Waals surface area contributed by atoms with E-state index in [1.165, 1.54) is 16.3 Å². The molecule has 0 aliphatic carbocycles. The van der Waals surface area contributed by atoms with E-state index in [9.17, 15) is 4.79 Å². The van der Waals surface area contributed by atoms with E-state index in [2.05, 4.69) is 0 Å². The molecule has 1 aliphatic heterocycles. The lowest BCUT2D eigenvalue weighted by Gasteiger charge is -2.19. The van der Waals surface area contributed by atoms with Crippen molar-refractivity contribution >= 4 is 18.0 Å². The Bertz CT molecular complexity index is 715. The van der Waals surface area contributed by atoms with Crippen LogP contribution in [0.5, 0.6) is 11.5 Å². The first-order chi connectivity index (χ1) is 10.9. The maximum atomic E-state index is 12.3. The average molecular weight is 329 g/mol. The zero-order valence-electron chi connectivity index (χ0n) is 13.4. The summed E-state index contributed by atoms with van der Waals surface area (Å²) < 4.78 is 12.9. The summed E-state index contributed by atoms with van der Waals surface area (Å²) in [4.78, 5) is 13.3. The molecule has 5 heteroatoms. The average Bonchev–Trinajstić information content (AvgIpc) is 2.83. The first-order valence-corrected chi connectivity index (χ1v) is 8.21. The number of ether oxygens (including phenoxy) is 2. The number of nitrogens with zero attached hydrogens (tertiary/aromatic N) is 1. The molecule has 0 spiro atoms. The molecule has 0 saturated heterocycles. The van der Waals surface area contributed by atoms with E-state index in [4.69, 9.17) is 9.47 Å². The van der Waals surface area contributed by atoms with Crippen LogP contribution in [0.4, 0.5) is 4.79 Å². The summed E-state index contributed by atoms with van der Waals surface area (Å²) in [5, 5.41) is 0. The smallest absolute Gasteiger partial charge is 0.425 e. The van der Waals surface area contributed by atoms with Crippen molar-refractivity contribution in [2.75, 3.05) is 7.05 Å². The number of rotatable bonds is 3. The molecular weight excluding hydrogens is 310 g/mol. The molecule has 1 amide bonds. The second-order valence-electron chi connectivity index (χ2n) is 6.05. The molecule has 3 rings (SSSR count). The number of hydrogen-bond acceptors (Lipinski definition) is 4. The normalized spacial score (nSPS) is 14.7. The molecule has 0 saturated carbocycles. The summed E-state index contributed by atoms with van der Waals surface area (Å²) in [6.07, 6.45) is 0.378. The van der Waals surface area contributed by atoms with Crippen LogP contribution < -0.4 is 9.47 Å². The molecule has 0 N–H and O–H groups in total. The summed E-state index contributed by atoms with van der Waals surface area (Å²) in [5.41, 5.74) is 0.800. The summed E-state index contributed by atoms with van der Waals surface area (Å²) >= 11 is 1.32. The molecule has 0 unspecified atom stereocenters. The Hall–Kier alpha value is -2.14. The van der Waals surface area contributed by atoms with Gasteiger partial charge in [0, 0.05) is 23.9 Å². The summed E-state index contributed by atoms with van der Waals surface area (Å²) in [7, 11) is 1.69. The van der Waals surface area contributed by atoms with Gasteiger partial charge in [-0.05, 0) is 44.0 Å². The molecule has 4 nitrogen and oxygen atoms in total. The first-order valence-electron chi connectivity index (χ1n) is 7.44. The van der Waals surface area contributed by atoms with E-state index < -0.39 is 6.09 Å². The van der Waals surface area contributed by atoms with Crippen LogP contribution in [0.15, 0.2) is 53.4 Å². The van der Waals surface area contributed by atoms with Crippen LogP contribution in [0.1, 0.15) is 19.4 Å². The number of para-hydroxylation sites is 1. The van der Waals surface area contributed by atoms with Crippen LogP contribution in [0.3, 0.4) is 0 Å². The number of benzene rings is 2. The van der Waals surface area contributed by atoms with Crippen molar-refractivity contribution in [1.29, 1.82) is 0 Å². The zero-order valence-corrected chi connectivity index (χ0v) is 14.2. The van der Waals surface area contributed by atoms with E-state index >= 15 is 0 Å². The van der Waals surface area contributed by atoms with Crippen LogP contribution in [-0.4, -0.2) is 23.0 Å². The molecule has 2 aromatic rings. The highest BCUT2D eigenvalue weighted by Crippen LogP contribution is 2.42. The quantitative estimate of drug-likeness (QED) is 0.775. The summed E-state index contributed by atoms with van der Waals surface area (Å²) in [5.74, 6) is 1.14. The fraction of sp³-hybridized carbons (Fsp3) is 0.278. The van der Waals surface area contributed by atoms with Gasteiger partial charge in [-0.1, -0.05) is 30.3 Å². The minimum atomic E-state index is -0.430. The Kier molecular flexibility index (Phi) is 4.22. The lowest BCUT2D eigenvalue weighted by molar-refractivity contribution is 0.132. The molecule has 120 valence electrons. The van der Waals surface area contributed by atoms with Crippen molar-refractivity contribution in [3.63, 3.8) is 0 Å². The Morgan fingerprint density at radius 3 is 2.65 bits per heavy atom. The standard InChI is InChI=1S/C18H19NO3S/c1-18(2)12-13-8-7-11-15(16(13)22-18)21-17(20)19(3)23-14-9-5-4-6-10-14/h4-11H,12H2,1-3H3. The molecule has 1 heterocycles. The van der Waals surface area contributed by atoms with Gasteiger partial charge in [-0.15, -0.1) is 0 Å². The van der Waals surface area contributed by atoms with Gasteiger partial charge in [0.1, 0.15) is 5.60 Å². The van der Waals surface area contributed by atoms with Crippen LogP contribution in [0, 0.1) is 0 Å². The predicted molar refractivity (Wildman–Crippen MR) is 90.9 cm³/mol.